The van der Waals surface area contributed by atoms with Gasteiger partial charge in [-0.05, 0) is 39.4 Å². The van der Waals surface area contributed by atoms with Gasteiger partial charge in [-0.1, -0.05) is 169 Å². The van der Waals surface area contributed by atoms with Crippen LogP contribution in [0.2, 0.25) is 0 Å². The lowest BCUT2D eigenvalue weighted by Crippen LogP contribution is -2.00. The van der Waals surface area contributed by atoms with Crippen LogP contribution in [0.1, 0.15) is 39.8 Å². The number of aromatic nitrogens is 3. The summed E-state index contributed by atoms with van der Waals surface area (Å²) in [6, 6.07) is -26.0. The Morgan fingerprint density at radius 1 is 0.327 bits per heavy atom. The second kappa shape index (κ2) is 12.4. The summed E-state index contributed by atoms with van der Waals surface area (Å²) in [4.78, 5) is 12.7. The lowest BCUT2D eigenvalue weighted by molar-refractivity contribution is 1.07. The van der Waals surface area contributed by atoms with Crippen molar-refractivity contribution in [2.24, 2.45) is 0 Å². The SMILES string of the molecule is [2H]c1c([2H])c([2H])c(-c2nc(-c3c([2H])c([2H])c([2H])c([2H])c3[2H])nc(-c3c([2H])c([2H])c([2H])c(-c4c([2H])c([2H])c([2H])c5c4sc4c(-c6c([2H])c([2H])c(-c7c([2H])c([2H])c([2H])c([2H])c7[2H])c([2H])c6[2H])c([2H])c([2H])c([2H])c45)c3[2H])n2)c([2H])c1[2H]. The summed E-state index contributed by atoms with van der Waals surface area (Å²) in [5.74, 6) is -2.50. The second-order valence-electron chi connectivity index (χ2n) is 9.82. The second-order valence-corrected chi connectivity index (χ2v) is 10.8. The van der Waals surface area contributed by atoms with E-state index in [1.807, 2.05) is 0 Å². The van der Waals surface area contributed by atoms with Gasteiger partial charge in [0.05, 0.1) is 39.8 Å². The van der Waals surface area contributed by atoms with Crippen molar-refractivity contribution in [2.45, 2.75) is 0 Å². The van der Waals surface area contributed by atoms with Crippen LogP contribution in [0.5, 0.6) is 0 Å². The molecular formula is C45H29N3S. The highest BCUT2D eigenvalue weighted by molar-refractivity contribution is 7.26. The normalized spacial score (nSPS) is 19.6. The molecule has 0 aliphatic heterocycles. The maximum atomic E-state index is 9.72. The summed E-state index contributed by atoms with van der Waals surface area (Å²) in [6.07, 6.45) is 0. The minimum atomic E-state index is -1.02. The Bertz CT molecular complexity index is 4070. The van der Waals surface area contributed by atoms with Gasteiger partial charge >= 0.3 is 0 Å². The fourth-order valence-electron chi connectivity index (χ4n) is 4.75. The van der Waals surface area contributed by atoms with Crippen molar-refractivity contribution in [1.29, 1.82) is 0 Å². The summed E-state index contributed by atoms with van der Waals surface area (Å²) >= 11 is 0.494. The maximum absolute atomic E-state index is 9.72. The molecule has 0 aliphatic rings. The van der Waals surface area contributed by atoms with Gasteiger partial charge in [0.2, 0.25) is 0 Å². The number of nitrogens with zero attached hydrogens (tertiary/aromatic N) is 3. The molecule has 0 aliphatic carbocycles. The molecule has 0 radical (unpaired) electrons. The van der Waals surface area contributed by atoms with E-state index in [1.165, 1.54) is 0 Å². The van der Waals surface area contributed by atoms with E-state index in [-0.39, 0.29) is 9.40 Å². The third kappa shape index (κ3) is 5.48. The number of fused-ring (bicyclic) bond motifs is 3. The summed E-state index contributed by atoms with van der Waals surface area (Å²) in [6.45, 7) is 0. The Labute approximate surface area is 329 Å². The van der Waals surface area contributed by atoms with Gasteiger partial charge in [0.1, 0.15) is 0 Å². The third-order valence-electron chi connectivity index (χ3n) is 6.92. The van der Waals surface area contributed by atoms with Crippen LogP contribution in [-0.2, 0) is 0 Å². The van der Waals surface area contributed by atoms with Crippen molar-refractivity contribution >= 4 is 31.5 Å². The van der Waals surface area contributed by atoms with Crippen LogP contribution in [0.15, 0.2) is 175 Å². The molecule has 0 unspecified atom stereocenters. The molecule has 0 saturated heterocycles. The first kappa shape index (κ1) is 11.7. The molecule has 0 bridgehead atoms. The molecule has 0 atom stereocenters. The Morgan fingerprint density at radius 3 is 1.27 bits per heavy atom. The fraction of sp³-hybridized carbons (Fsp3) is 0. The summed E-state index contributed by atoms with van der Waals surface area (Å²) < 4.78 is 253. The van der Waals surface area contributed by atoms with Crippen LogP contribution < -0.4 is 0 Å². The van der Waals surface area contributed by atoms with Crippen LogP contribution in [0.25, 0.3) is 87.7 Å². The molecule has 7 aromatic carbocycles. The monoisotopic (exact) mass is 672 g/mol. The molecule has 0 fully saturated rings. The summed E-state index contributed by atoms with van der Waals surface area (Å²) in [5.41, 5.74) is -6.29. The molecule has 230 valence electrons. The third-order valence-corrected chi connectivity index (χ3v) is 8.14. The molecule has 0 spiro atoms. The zero-order valence-corrected chi connectivity index (χ0v) is 25.1. The van der Waals surface area contributed by atoms with E-state index in [0.717, 1.165) is 0 Å². The van der Waals surface area contributed by atoms with Gasteiger partial charge in [-0.2, -0.15) is 0 Å². The number of hydrogen-bond acceptors (Lipinski definition) is 4. The zero-order chi connectivity index (χ0) is 57.8. The predicted molar refractivity (Wildman–Crippen MR) is 205 cm³/mol. The largest absolute Gasteiger partial charge is 0.208 e. The smallest absolute Gasteiger partial charge is 0.164 e. The van der Waals surface area contributed by atoms with Crippen molar-refractivity contribution in [3.05, 3.63) is 175 Å². The number of rotatable bonds is 6. The summed E-state index contributed by atoms with van der Waals surface area (Å²) in [7, 11) is 0. The van der Waals surface area contributed by atoms with Crippen LogP contribution in [0, 0.1) is 0 Å². The van der Waals surface area contributed by atoms with E-state index < -0.39 is 254 Å². The average Bonchev–Trinajstić information content (AvgIpc) is 3.83. The molecular weight excluding hydrogens is 615 g/mol. The van der Waals surface area contributed by atoms with E-state index in [1.54, 1.807) is 0 Å². The Hall–Kier alpha value is -6.23. The quantitative estimate of drug-likeness (QED) is 0.176. The number of hydrogen-bond donors (Lipinski definition) is 0. The van der Waals surface area contributed by atoms with Gasteiger partial charge in [0, 0.05) is 36.9 Å². The highest BCUT2D eigenvalue weighted by Crippen LogP contribution is 2.44. The first-order chi connectivity index (χ1) is 36.3. The molecule has 3 nitrogen and oxygen atoms in total. The number of thiophene rings is 1. The maximum Gasteiger partial charge on any atom is 0.164 e. The predicted octanol–water partition coefficient (Wildman–Crippen LogP) is 12.2. The standard InChI is InChI=1S/C45H29N3S/c1-4-13-30(14-5-1)31-25-27-32(28-26-31)37-21-11-23-39-40-24-12-22-38(42(40)49-41(37)39)35-19-10-20-36(29-35)45-47-43(33-15-6-2-7-16-33)46-44(48-45)34-17-8-3-9-18-34/h1-29H/i1D,2D,3D,4D,5D,6D,7D,8D,9D,10D,11D,12D,13D,14D,15D,16D,17D,18D,19D,20D,21D,22D,23D,24D,25D,26D,27D,28D,29D. The molecule has 0 amide bonds. The van der Waals surface area contributed by atoms with Gasteiger partial charge in [-0.3, -0.25) is 0 Å². The van der Waals surface area contributed by atoms with Crippen LogP contribution in [-0.4, -0.2) is 15.0 Å². The fourth-order valence-corrected chi connectivity index (χ4v) is 5.98. The molecule has 9 aromatic rings. The van der Waals surface area contributed by atoms with Gasteiger partial charge in [-0.25, -0.2) is 15.0 Å². The molecule has 0 N–H and O–H groups in total. The van der Waals surface area contributed by atoms with Crippen molar-refractivity contribution in [2.75, 3.05) is 0 Å². The van der Waals surface area contributed by atoms with Gasteiger partial charge in [0.25, 0.3) is 0 Å². The van der Waals surface area contributed by atoms with E-state index in [4.69, 9.17) is 32.9 Å². The zero-order valence-electron chi connectivity index (χ0n) is 53.2. The van der Waals surface area contributed by atoms with Gasteiger partial charge in [-0.15, -0.1) is 11.3 Å². The van der Waals surface area contributed by atoms with Crippen LogP contribution in [0.4, 0.5) is 0 Å². The average molecular weight is 673 g/mol. The Kier molecular flexibility index (Phi) is 2.97. The van der Waals surface area contributed by atoms with Crippen molar-refractivity contribution < 1.29 is 39.8 Å². The topological polar surface area (TPSA) is 38.7 Å². The van der Waals surface area contributed by atoms with E-state index in [9.17, 15) is 6.85 Å². The molecule has 49 heavy (non-hydrogen) atoms. The minimum Gasteiger partial charge on any atom is -0.208 e. The number of benzene rings is 7. The first-order valence-electron chi connectivity index (χ1n) is 28.5. The highest BCUT2D eigenvalue weighted by Gasteiger charge is 2.16. The summed E-state index contributed by atoms with van der Waals surface area (Å²) in [5, 5.41) is -0.839. The lowest BCUT2D eigenvalue weighted by atomic mass is 9.98. The molecule has 4 heteroatoms. The Balaban J connectivity index is 1.41. The lowest BCUT2D eigenvalue weighted by Gasteiger charge is -2.10. The van der Waals surface area contributed by atoms with E-state index >= 15 is 0 Å². The minimum absolute atomic E-state index is 0.322. The van der Waals surface area contributed by atoms with Gasteiger partial charge < -0.3 is 0 Å². The van der Waals surface area contributed by atoms with Crippen molar-refractivity contribution in [1.82, 2.24) is 15.0 Å². The van der Waals surface area contributed by atoms with Crippen LogP contribution in [0.3, 0.4) is 0 Å². The Morgan fingerprint density at radius 2 is 0.714 bits per heavy atom. The first-order valence-corrected chi connectivity index (χ1v) is 14.8. The van der Waals surface area contributed by atoms with Crippen molar-refractivity contribution in [3.8, 4) is 67.5 Å². The molecule has 0 saturated carbocycles. The van der Waals surface area contributed by atoms with Crippen LogP contribution >= 0.6 is 11.3 Å². The van der Waals surface area contributed by atoms with E-state index in [2.05, 4.69) is 15.0 Å². The van der Waals surface area contributed by atoms with Gasteiger partial charge in [0.15, 0.2) is 17.5 Å². The molecule has 2 heterocycles. The van der Waals surface area contributed by atoms with Crippen molar-refractivity contribution in [3.63, 3.8) is 0 Å². The molecule has 2 aromatic heterocycles. The molecule has 9 rings (SSSR count). The van der Waals surface area contributed by atoms with E-state index in [0.29, 0.717) is 11.3 Å². The highest BCUT2D eigenvalue weighted by atomic mass is 32.1.